The van der Waals surface area contributed by atoms with Crippen LogP contribution in [0.3, 0.4) is 0 Å². The van der Waals surface area contributed by atoms with Crippen molar-refractivity contribution in [2.24, 2.45) is 4.99 Å². The lowest BCUT2D eigenvalue weighted by Crippen LogP contribution is -2.46. The van der Waals surface area contributed by atoms with Crippen LogP contribution in [0.25, 0.3) is 11.4 Å². The number of nitrogens with zero attached hydrogens (tertiary/aromatic N) is 4. The summed E-state index contributed by atoms with van der Waals surface area (Å²) in [6, 6.07) is 7.32. The van der Waals surface area contributed by atoms with Crippen LogP contribution in [-0.4, -0.2) is 51.8 Å². The van der Waals surface area contributed by atoms with Gasteiger partial charge in [0.2, 0.25) is 11.7 Å². The molecule has 0 bridgehead atoms. The van der Waals surface area contributed by atoms with Crippen molar-refractivity contribution in [3.8, 4) is 11.4 Å². The second kappa shape index (κ2) is 8.31. The molecule has 1 saturated heterocycles. The lowest BCUT2D eigenvalue weighted by atomic mass is 10.1. The molecule has 2 N–H and O–H groups in total. The van der Waals surface area contributed by atoms with E-state index in [9.17, 15) is 5.11 Å². The van der Waals surface area contributed by atoms with E-state index in [1.807, 2.05) is 19.1 Å². The van der Waals surface area contributed by atoms with Crippen molar-refractivity contribution in [1.29, 1.82) is 0 Å². The zero-order valence-electron chi connectivity index (χ0n) is 14.2. The summed E-state index contributed by atoms with van der Waals surface area (Å²) in [5.74, 6) is 1.75. The van der Waals surface area contributed by atoms with Gasteiger partial charge in [-0.15, -0.1) is 0 Å². The van der Waals surface area contributed by atoms with Gasteiger partial charge in [0.05, 0.1) is 6.10 Å². The highest BCUT2D eigenvalue weighted by atomic mass is 35.5. The molecule has 0 unspecified atom stereocenters. The summed E-state index contributed by atoms with van der Waals surface area (Å²) in [5.41, 5.74) is 0.809. The van der Waals surface area contributed by atoms with E-state index in [0.717, 1.165) is 44.0 Å². The first-order chi connectivity index (χ1) is 12.2. The number of guanidine groups is 1. The molecule has 1 aromatic heterocycles. The van der Waals surface area contributed by atoms with E-state index in [-0.39, 0.29) is 6.10 Å². The van der Waals surface area contributed by atoms with E-state index < -0.39 is 0 Å². The predicted octanol–water partition coefficient (Wildman–Crippen LogP) is 2.31. The standard InChI is InChI=1S/C17H22ClN5O2/c1-2-19-17(23-8-6-14(24)7-9-23)20-11-15-21-16(22-25-15)12-4-3-5-13(18)10-12/h3-5,10,14,24H,2,6-9,11H2,1H3,(H,19,20). The van der Waals surface area contributed by atoms with Gasteiger partial charge in [0, 0.05) is 30.2 Å². The SMILES string of the molecule is CCNC(=NCc1nc(-c2cccc(Cl)c2)no1)N1CCC(O)CC1. The number of piperidine rings is 1. The number of benzene rings is 1. The van der Waals surface area contributed by atoms with Crippen molar-refractivity contribution in [3.05, 3.63) is 35.2 Å². The number of aliphatic hydroxyl groups excluding tert-OH is 1. The highest BCUT2D eigenvalue weighted by Crippen LogP contribution is 2.20. The largest absolute Gasteiger partial charge is 0.393 e. The molecule has 1 aliphatic rings. The molecule has 1 fully saturated rings. The summed E-state index contributed by atoms with van der Waals surface area (Å²) < 4.78 is 5.29. The first-order valence-electron chi connectivity index (χ1n) is 8.45. The monoisotopic (exact) mass is 363 g/mol. The highest BCUT2D eigenvalue weighted by molar-refractivity contribution is 6.30. The van der Waals surface area contributed by atoms with Gasteiger partial charge >= 0.3 is 0 Å². The number of likely N-dealkylation sites (tertiary alicyclic amines) is 1. The molecule has 1 aliphatic heterocycles. The van der Waals surface area contributed by atoms with Crippen molar-refractivity contribution >= 4 is 17.6 Å². The Kier molecular flexibility index (Phi) is 5.88. The maximum atomic E-state index is 9.65. The van der Waals surface area contributed by atoms with E-state index in [2.05, 4.69) is 25.3 Å². The number of hydrogen-bond acceptors (Lipinski definition) is 5. The minimum Gasteiger partial charge on any atom is -0.393 e. The molecule has 2 aromatic rings. The van der Waals surface area contributed by atoms with Gasteiger partial charge < -0.3 is 19.8 Å². The molecule has 1 aromatic carbocycles. The number of halogens is 1. The summed E-state index contributed by atoms with van der Waals surface area (Å²) in [6.45, 7) is 4.66. The minimum atomic E-state index is -0.213. The highest BCUT2D eigenvalue weighted by Gasteiger charge is 2.20. The van der Waals surface area contributed by atoms with Crippen LogP contribution in [0, 0.1) is 0 Å². The third-order valence-electron chi connectivity index (χ3n) is 4.01. The molecule has 8 heteroatoms. The van der Waals surface area contributed by atoms with Crippen LogP contribution >= 0.6 is 11.6 Å². The first-order valence-corrected chi connectivity index (χ1v) is 8.83. The van der Waals surface area contributed by atoms with Crippen molar-refractivity contribution in [2.45, 2.75) is 32.4 Å². The van der Waals surface area contributed by atoms with Crippen LogP contribution in [0.1, 0.15) is 25.7 Å². The molecule has 0 radical (unpaired) electrons. The van der Waals surface area contributed by atoms with Crippen molar-refractivity contribution in [2.75, 3.05) is 19.6 Å². The number of nitrogens with one attached hydrogen (secondary N) is 1. The van der Waals surface area contributed by atoms with E-state index >= 15 is 0 Å². The van der Waals surface area contributed by atoms with Crippen LogP contribution in [0.5, 0.6) is 0 Å². The zero-order chi connectivity index (χ0) is 17.6. The van der Waals surface area contributed by atoms with E-state index in [1.165, 1.54) is 0 Å². The summed E-state index contributed by atoms with van der Waals surface area (Å²) in [6.07, 6.45) is 1.30. The third-order valence-corrected chi connectivity index (χ3v) is 4.25. The molecule has 0 amide bonds. The predicted molar refractivity (Wildman–Crippen MR) is 96.4 cm³/mol. The summed E-state index contributed by atoms with van der Waals surface area (Å²) in [4.78, 5) is 11.1. The van der Waals surface area contributed by atoms with Crippen molar-refractivity contribution in [3.63, 3.8) is 0 Å². The molecule has 0 aliphatic carbocycles. The second-order valence-corrected chi connectivity index (χ2v) is 6.35. The lowest BCUT2D eigenvalue weighted by molar-refractivity contribution is 0.108. The first kappa shape index (κ1) is 17.7. The maximum Gasteiger partial charge on any atom is 0.248 e. The third kappa shape index (κ3) is 4.70. The van der Waals surface area contributed by atoms with Crippen LogP contribution in [0.15, 0.2) is 33.8 Å². The Labute approximate surface area is 151 Å². The van der Waals surface area contributed by atoms with E-state index in [1.54, 1.807) is 12.1 Å². The molecular formula is C17H22ClN5O2. The van der Waals surface area contributed by atoms with Gasteiger partial charge in [0.1, 0.15) is 6.54 Å². The van der Waals surface area contributed by atoms with Crippen LogP contribution in [0.4, 0.5) is 0 Å². The maximum absolute atomic E-state index is 9.65. The Morgan fingerprint density at radius 1 is 1.44 bits per heavy atom. The zero-order valence-corrected chi connectivity index (χ0v) is 14.9. The molecule has 0 spiro atoms. The molecule has 134 valence electrons. The van der Waals surface area contributed by atoms with Gasteiger partial charge in [-0.3, -0.25) is 0 Å². The Balaban J connectivity index is 1.69. The summed E-state index contributed by atoms with van der Waals surface area (Å²) in [7, 11) is 0. The molecular weight excluding hydrogens is 342 g/mol. The molecule has 2 heterocycles. The molecule has 7 nitrogen and oxygen atoms in total. The molecule has 25 heavy (non-hydrogen) atoms. The van der Waals surface area contributed by atoms with Gasteiger partial charge in [-0.25, -0.2) is 4.99 Å². The minimum absolute atomic E-state index is 0.213. The number of rotatable bonds is 4. The normalized spacial score (nSPS) is 16.3. The Morgan fingerprint density at radius 2 is 2.24 bits per heavy atom. The topological polar surface area (TPSA) is 86.8 Å². The average molecular weight is 364 g/mol. The second-order valence-electron chi connectivity index (χ2n) is 5.91. The smallest absolute Gasteiger partial charge is 0.248 e. The van der Waals surface area contributed by atoms with Gasteiger partial charge in [0.15, 0.2) is 5.96 Å². The number of aliphatic imine (C=N–C) groups is 1. The number of aliphatic hydroxyl groups is 1. The molecule has 0 saturated carbocycles. The number of aromatic nitrogens is 2. The molecule has 0 atom stereocenters. The van der Waals surface area contributed by atoms with Crippen LogP contribution in [0.2, 0.25) is 5.02 Å². The Hall–Kier alpha value is -2.12. The fourth-order valence-corrected chi connectivity index (χ4v) is 2.90. The summed E-state index contributed by atoms with van der Waals surface area (Å²) >= 11 is 6.00. The summed E-state index contributed by atoms with van der Waals surface area (Å²) in [5, 5.41) is 17.5. The van der Waals surface area contributed by atoms with Gasteiger partial charge in [-0.2, -0.15) is 4.98 Å². The van der Waals surface area contributed by atoms with Gasteiger partial charge in [-0.05, 0) is 31.9 Å². The fourth-order valence-electron chi connectivity index (χ4n) is 2.71. The van der Waals surface area contributed by atoms with Crippen molar-refractivity contribution < 1.29 is 9.63 Å². The fraction of sp³-hybridized carbons (Fsp3) is 0.471. The van der Waals surface area contributed by atoms with Gasteiger partial charge in [0.25, 0.3) is 0 Å². The van der Waals surface area contributed by atoms with E-state index in [0.29, 0.717) is 23.3 Å². The van der Waals surface area contributed by atoms with Crippen LogP contribution in [-0.2, 0) is 6.54 Å². The van der Waals surface area contributed by atoms with Gasteiger partial charge in [-0.1, -0.05) is 28.9 Å². The quantitative estimate of drug-likeness (QED) is 0.640. The Morgan fingerprint density at radius 3 is 2.96 bits per heavy atom. The Bertz CT molecular complexity index is 725. The lowest BCUT2D eigenvalue weighted by Gasteiger charge is -2.32. The van der Waals surface area contributed by atoms with Crippen LogP contribution < -0.4 is 5.32 Å². The number of hydrogen-bond donors (Lipinski definition) is 2. The average Bonchev–Trinajstić information content (AvgIpc) is 3.08. The van der Waals surface area contributed by atoms with E-state index in [4.69, 9.17) is 16.1 Å². The van der Waals surface area contributed by atoms with Crippen molar-refractivity contribution in [1.82, 2.24) is 20.4 Å². The molecule has 3 rings (SSSR count).